The van der Waals surface area contributed by atoms with Gasteiger partial charge < -0.3 is 10.2 Å². The van der Waals surface area contributed by atoms with Crippen molar-refractivity contribution in [1.29, 1.82) is 0 Å². The number of hydrogen-bond acceptors (Lipinski definition) is 3. The number of rotatable bonds is 9. The first kappa shape index (κ1) is 26.2. The molecule has 0 atom stereocenters. The van der Waals surface area contributed by atoms with E-state index in [1.165, 1.54) is 5.56 Å². The lowest BCUT2D eigenvalue weighted by atomic mass is 9.92. The van der Waals surface area contributed by atoms with Crippen LogP contribution in [-0.2, 0) is 16.6 Å². The summed E-state index contributed by atoms with van der Waals surface area (Å²) in [4.78, 5) is 28.0. The molecule has 0 saturated carbocycles. The third kappa shape index (κ3) is 6.81. The normalized spacial score (nSPS) is 11.4. The van der Waals surface area contributed by atoms with Crippen molar-refractivity contribution in [3.63, 3.8) is 0 Å². The highest BCUT2D eigenvalue weighted by Crippen LogP contribution is 2.26. The summed E-state index contributed by atoms with van der Waals surface area (Å²) in [5.74, 6) is 0.228. The highest BCUT2D eigenvalue weighted by Gasteiger charge is 2.23. The number of amides is 2. The van der Waals surface area contributed by atoms with Gasteiger partial charge in [-0.3, -0.25) is 9.59 Å². The average molecular weight is 475 g/mol. The molecule has 186 valence electrons. The van der Waals surface area contributed by atoms with Gasteiger partial charge in [0.2, 0.25) is 5.91 Å². The lowest BCUT2D eigenvalue weighted by molar-refractivity contribution is -0.117. The van der Waals surface area contributed by atoms with Crippen molar-refractivity contribution in [3.8, 4) is 5.69 Å². The van der Waals surface area contributed by atoms with Gasteiger partial charge in [-0.25, -0.2) is 4.68 Å². The van der Waals surface area contributed by atoms with Crippen molar-refractivity contribution in [1.82, 2.24) is 14.7 Å². The zero-order chi connectivity index (χ0) is 25.6. The molecule has 6 heteroatoms. The van der Waals surface area contributed by atoms with Crippen molar-refractivity contribution < 1.29 is 9.59 Å². The number of nitrogens with zero attached hydrogens (tertiary/aromatic N) is 3. The molecule has 0 aliphatic heterocycles. The van der Waals surface area contributed by atoms with E-state index in [2.05, 4.69) is 39.9 Å². The lowest BCUT2D eigenvalue weighted by Gasteiger charge is -2.22. The summed E-state index contributed by atoms with van der Waals surface area (Å²) in [6.07, 6.45) is 2.69. The molecule has 3 rings (SSSR count). The van der Waals surface area contributed by atoms with Crippen LogP contribution in [0.15, 0.2) is 54.6 Å². The van der Waals surface area contributed by atoms with E-state index in [-0.39, 0.29) is 23.8 Å². The fourth-order valence-electron chi connectivity index (χ4n) is 3.74. The Morgan fingerprint density at radius 1 is 1.00 bits per heavy atom. The molecule has 2 aromatic carbocycles. The van der Waals surface area contributed by atoms with Crippen LogP contribution in [0.2, 0.25) is 0 Å². The molecule has 0 unspecified atom stereocenters. The number of anilines is 1. The van der Waals surface area contributed by atoms with Gasteiger partial charge in [0.05, 0.1) is 11.4 Å². The molecule has 1 aromatic heterocycles. The summed E-state index contributed by atoms with van der Waals surface area (Å²) in [6.45, 7) is 13.0. The minimum atomic E-state index is -0.242. The average Bonchev–Trinajstić information content (AvgIpc) is 3.26. The Labute approximate surface area is 209 Å². The van der Waals surface area contributed by atoms with E-state index in [1.807, 2.05) is 61.5 Å². The van der Waals surface area contributed by atoms with Crippen molar-refractivity contribution >= 4 is 17.6 Å². The Kier molecular flexibility index (Phi) is 8.49. The number of nitrogens with one attached hydrogen (secondary N) is 1. The first-order chi connectivity index (χ1) is 16.6. The maximum atomic E-state index is 13.2. The summed E-state index contributed by atoms with van der Waals surface area (Å²) in [5, 5.41) is 7.80. The number of unbranched alkanes of at least 4 members (excludes halogenated alkanes) is 1. The third-order valence-corrected chi connectivity index (χ3v) is 6.04. The van der Waals surface area contributed by atoms with Crippen LogP contribution in [0.5, 0.6) is 0 Å². The summed E-state index contributed by atoms with van der Waals surface area (Å²) in [5.41, 5.74) is 4.51. The van der Waals surface area contributed by atoms with Crippen LogP contribution >= 0.6 is 0 Å². The second kappa shape index (κ2) is 11.3. The Morgan fingerprint density at radius 2 is 1.66 bits per heavy atom. The molecule has 6 nitrogen and oxygen atoms in total. The number of aryl methyl sites for hydroxylation is 2. The van der Waals surface area contributed by atoms with E-state index in [9.17, 15) is 9.59 Å². The first-order valence-corrected chi connectivity index (χ1v) is 12.5. The van der Waals surface area contributed by atoms with Gasteiger partial charge in [-0.2, -0.15) is 5.10 Å². The largest absolute Gasteiger partial charge is 0.329 e. The van der Waals surface area contributed by atoms with Gasteiger partial charge in [0.15, 0.2) is 0 Å². The highest BCUT2D eigenvalue weighted by atomic mass is 16.2. The van der Waals surface area contributed by atoms with Gasteiger partial charge >= 0.3 is 0 Å². The second-order valence-electron chi connectivity index (χ2n) is 10.1. The molecular weight excluding hydrogens is 436 g/mol. The molecule has 0 fully saturated rings. The highest BCUT2D eigenvalue weighted by molar-refractivity contribution is 5.99. The summed E-state index contributed by atoms with van der Waals surface area (Å²) in [6, 6.07) is 17.6. The van der Waals surface area contributed by atoms with E-state index in [0.29, 0.717) is 17.9 Å². The standard InChI is InChI=1S/C29H38N4O2/c1-7-9-18-32(28(35)23-14-12-22(8-2)13-15-23)20-27(34)30-26-19-25(29(4,5)6)31-33(26)24-16-10-21(3)11-17-24/h10-17,19H,7-9,18,20H2,1-6H3,(H,30,34). The van der Waals surface area contributed by atoms with Crippen LogP contribution < -0.4 is 5.32 Å². The zero-order valence-corrected chi connectivity index (χ0v) is 21.9. The minimum absolute atomic E-state index is 0.0156. The van der Waals surface area contributed by atoms with E-state index >= 15 is 0 Å². The molecule has 0 bridgehead atoms. The fourth-order valence-corrected chi connectivity index (χ4v) is 3.74. The van der Waals surface area contributed by atoms with Crippen LogP contribution in [0.1, 0.15) is 74.6 Å². The summed E-state index contributed by atoms with van der Waals surface area (Å²) < 4.78 is 1.76. The third-order valence-electron chi connectivity index (χ3n) is 6.04. The van der Waals surface area contributed by atoms with E-state index in [0.717, 1.165) is 36.2 Å². The van der Waals surface area contributed by atoms with Gasteiger partial charge in [0.1, 0.15) is 12.4 Å². The Balaban J connectivity index is 1.83. The molecule has 35 heavy (non-hydrogen) atoms. The molecule has 0 radical (unpaired) electrons. The summed E-state index contributed by atoms with van der Waals surface area (Å²) in [7, 11) is 0. The van der Waals surface area contributed by atoms with E-state index in [1.54, 1.807) is 9.58 Å². The summed E-state index contributed by atoms with van der Waals surface area (Å²) >= 11 is 0. The van der Waals surface area contributed by atoms with Crippen LogP contribution in [0.25, 0.3) is 5.69 Å². The van der Waals surface area contributed by atoms with Crippen LogP contribution in [0, 0.1) is 6.92 Å². The van der Waals surface area contributed by atoms with E-state index in [4.69, 9.17) is 5.10 Å². The van der Waals surface area contributed by atoms with Crippen LogP contribution in [0.4, 0.5) is 5.82 Å². The number of benzene rings is 2. The van der Waals surface area contributed by atoms with Crippen molar-refractivity contribution in [2.75, 3.05) is 18.4 Å². The predicted octanol–water partition coefficient (Wildman–Crippen LogP) is 5.92. The SMILES string of the molecule is CCCCN(CC(=O)Nc1cc(C(C)(C)C)nn1-c1ccc(C)cc1)C(=O)c1ccc(CC)cc1. The molecule has 0 spiro atoms. The lowest BCUT2D eigenvalue weighted by Crippen LogP contribution is -2.39. The van der Waals surface area contributed by atoms with Crippen LogP contribution in [0.3, 0.4) is 0 Å². The van der Waals surface area contributed by atoms with Gasteiger partial charge in [-0.15, -0.1) is 0 Å². The fraction of sp³-hybridized carbons (Fsp3) is 0.414. The Morgan fingerprint density at radius 3 is 2.23 bits per heavy atom. The topological polar surface area (TPSA) is 67.2 Å². The monoisotopic (exact) mass is 474 g/mol. The minimum Gasteiger partial charge on any atom is -0.329 e. The van der Waals surface area contributed by atoms with Crippen molar-refractivity contribution in [2.24, 2.45) is 0 Å². The molecule has 0 saturated heterocycles. The van der Waals surface area contributed by atoms with Crippen molar-refractivity contribution in [3.05, 3.63) is 77.0 Å². The number of aromatic nitrogens is 2. The molecule has 2 amide bonds. The number of carbonyl (C=O) groups excluding carboxylic acids is 2. The number of hydrogen-bond donors (Lipinski definition) is 1. The molecule has 0 aliphatic carbocycles. The Hall–Kier alpha value is -3.41. The maximum Gasteiger partial charge on any atom is 0.254 e. The predicted molar refractivity (Wildman–Crippen MR) is 142 cm³/mol. The second-order valence-corrected chi connectivity index (χ2v) is 10.1. The quantitative estimate of drug-likeness (QED) is 0.418. The maximum absolute atomic E-state index is 13.2. The van der Waals surface area contributed by atoms with Crippen molar-refractivity contribution in [2.45, 2.75) is 66.2 Å². The van der Waals surface area contributed by atoms with Gasteiger partial charge in [-0.05, 0) is 49.6 Å². The molecule has 3 aromatic rings. The molecule has 1 heterocycles. The van der Waals surface area contributed by atoms with Gasteiger partial charge in [0, 0.05) is 23.6 Å². The van der Waals surface area contributed by atoms with Gasteiger partial charge in [0.25, 0.3) is 5.91 Å². The number of carbonyl (C=O) groups is 2. The molecular formula is C29H38N4O2. The van der Waals surface area contributed by atoms with E-state index < -0.39 is 0 Å². The molecule has 1 N–H and O–H groups in total. The smallest absolute Gasteiger partial charge is 0.254 e. The Bertz CT molecular complexity index is 1140. The zero-order valence-electron chi connectivity index (χ0n) is 21.9. The van der Waals surface area contributed by atoms with Crippen LogP contribution in [-0.4, -0.2) is 39.6 Å². The first-order valence-electron chi connectivity index (χ1n) is 12.5. The van der Waals surface area contributed by atoms with Gasteiger partial charge in [-0.1, -0.05) is 70.9 Å². The molecule has 0 aliphatic rings.